The zero-order valence-electron chi connectivity index (χ0n) is 35.8. The molecular formula is C48H47N5O9Zn-2. The molecule has 2 amide bonds. The second kappa shape index (κ2) is 20.9. The predicted molar refractivity (Wildman–Crippen MR) is 231 cm³/mol. The average Bonchev–Trinajstić information content (AvgIpc) is 3.77. The maximum Gasteiger partial charge on any atom is 0.342 e. The summed E-state index contributed by atoms with van der Waals surface area (Å²) in [4.78, 5) is 78.8. The first-order chi connectivity index (χ1) is 29.7. The van der Waals surface area contributed by atoms with Gasteiger partial charge in [-0.1, -0.05) is 107 Å². The molecular weight excluding hydrogens is 856 g/mol. The molecule has 1 aliphatic heterocycles. The number of hydrogen-bond acceptors (Lipinski definition) is 9. The summed E-state index contributed by atoms with van der Waals surface area (Å²) in [6, 6.07) is 21.1. The number of unbranched alkanes of at least 4 members (excludes halogenated alkanes) is 1. The Morgan fingerprint density at radius 3 is 2.17 bits per heavy atom. The monoisotopic (exact) mass is 901 g/mol. The number of allylic oxidation sites excluding steroid dienone is 1. The van der Waals surface area contributed by atoms with Crippen molar-refractivity contribution in [1.82, 2.24) is 10.3 Å². The Morgan fingerprint density at radius 1 is 0.968 bits per heavy atom. The third-order valence-electron chi connectivity index (χ3n) is 10.9. The summed E-state index contributed by atoms with van der Waals surface area (Å²) in [6.45, 7) is 17.5. The molecule has 3 N–H and O–H groups in total. The summed E-state index contributed by atoms with van der Waals surface area (Å²) < 4.78 is 12.4. The Bertz CT molecular complexity index is 2510. The first kappa shape index (κ1) is 47.4. The fourth-order valence-electron chi connectivity index (χ4n) is 8.24. The molecule has 0 spiro atoms. The normalized spacial score (nSPS) is 19.2. The number of aromatic carboxylic acids is 2. The molecule has 63 heavy (non-hydrogen) atoms. The van der Waals surface area contributed by atoms with Crippen molar-refractivity contribution in [2.45, 2.75) is 78.9 Å². The number of carboxylic acid groups (broad SMARTS) is 2. The predicted octanol–water partition coefficient (Wildman–Crippen LogP) is 7.45. The smallest absolute Gasteiger partial charge is 0.342 e. The van der Waals surface area contributed by atoms with Crippen LogP contribution in [0.3, 0.4) is 0 Å². The number of amidine groups is 1. The van der Waals surface area contributed by atoms with Gasteiger partial charge in [0.05, 0.1) is 18.2 Å². The van der Waals surface area contributed by atoms with Crippen molar-refractivity contribution >= 4 is 58.7 Å². The summed E-state index contributed by atoms with van der Waals surface area (Å²) in [5, 5.41) is 27.1. The number of esters is 1. The van der Waals surface area contributed by atoms with Gasteiger partial charge in [0, 0.05) is 30.6 Å². The maximum atomic E-state index is 14.8. The van der Waals surface area contributed by atoms with Crippen molar-refractivity contribution < 1.29 is 63.1 Å². The van der Waals surface area contributed by atoms with Crippen molar-refractivity contribution in [2.24, 2.45) is 22.7 Å². The van der Waals surface area contributed by atoms with Crippen LogP contribution < -0.4 is 25.5 Å². The van der Waals surface area contributed by atoms with Gasteiger partial charge in [0.25, 0.3) is 5.91 Å². The molecule has 14 nitrogen and oxygen atoms in total. The van der Waals surface area contributed by atoms with Gasteiger partial charge in [0.1, 0.15) is 34.7 Å². The van der Waals surface area contributed by atoms with Gasteiger partial charge in [0.2, 0.25) is 0 Å². The fraction of sp³-hybridized carbons (Fsp3) is 0.312. The summed E-state index contributed by atoms with van der Waals surface area (Å²) in [6.07, 6.45) is 2.60. The summed E-state index contributed by atoms with van der Waals surface area (Å²) in [7, 11) is 0. The van der Waals surface area contributed by atoms with Crippen molar-refractivity contribution in [2.75, 3.05) is 5.32 Å². The molecule has 1 aromatic heterocycles. The van der Waals surface area contributed by atoms with E-state index in [1.54, 1.807) is 60.7 Å². The number of aliphatic imine (C=N–C) groups is 1. The number of anilines is 1. The van der Waals surface area contributed by atoms with Crippen molar-refractivity contribution in [3.63, 3.8) is 0 Å². The third-order valence-corrected chi connectivity index (χ3v) is 10.9. The van der Waals surface area contributed by atoms with E-state index in [1.165, 1.54) is 6.92 Å². The molecule has 3 unspecified atom stereocenters. The number of benzene rings is 3. The van der Waals surface area contributed by atoms with E-state index in [9.17, 15) is 34.2 Å². The Kier molecular flexibility index (Phi) is 15.8. The second-order valence-corrected chi connectivity index (χ2v) is 15.8. The molecule has 322 valence electrons. The van der Waals surface area contributed by atoms with Gasteiger partial charge in [-0.3, -0.25) is 9.59 Å². The zero-order valence-corrected chi connectivity index (χ0v) is 38.7. The molecule has 0 radical (unpaired) electrons. The number of rotatable bonds is 14. The molecule has 0 saturated heterocycles. The summed E-state index contributed by atoms with van der Waals surface area (Å²) in [5.41, 5.74) is 1.60. The van der Waals surface area contributed by atoms with Crippen molar-refractivity contribution in [3.8, 4) is 16.9 Å². The second-order valence-electron chi connectivity index (χ2n) is 15.8. The molecule has 2 heterocycles. The van der Waals surface area contributed by atoms with Crippen LogP contribution in [0.2, 0.25) is 0 Å². The van der Waals surface area contributed by atoms with Crippen LogP contribution in [-0.4, -0.2) is 52.9 Å². The number of carbonyl (C=O) groups is 5. The first-order valence-electron chi connectivity index (χ1n) is 20.5. The molecule has 2 aliphatic rings. The number of carbonyl (C=O) groups excluding carboxylic acids is 4. The number of ether oxygens (including phenoxy) is 2. The topological polar surface area (TPSA) is 202 Å². The SMILES string of the molecule is [C-]#[N+]c1c(NC(C)=O)[n-]c(/C=C2\N=C(NC(=O)C(CCCC)Oc3cc(C(=O)[O-])ccc3C(=O)O)C(C(=O)OC3C(C)CC(C)CC3C)=C2c2ccccc2)c1-c1ccccc1.[Zn]. The molecule has 15 heteroatoms. The number of nitrogens with one attached hydrogen (secondary N) is 2. The minimum atomic E-state index is -1.57. The van der Waals surface area contributed by atoms with Crippen molar-refractivity contribution in [3.05, 3.63) is 124 Å². The minimum Gasteiger partial charge on any atom is -0.545 e. The molecule has 0 bridgehead atoms. The van der Waals surface area contributed by atoms with Crippen LogP contribution in [0.15, 0.2) is 95.1 Å². The minimum absolute atomic E-state index is 0. The maximum absolute atomic E-state index is 14.8. The number of amides is 2. The standard InChI is InChI=1S/C48H49N5O9.Zn/c1-7-8-19-36(61-37-24-32(46(56)57)20-21-33(37)47(58)59)45(55)53-43-40(48(60)62-42-27(3)22-26(2)23-28(42)4)38(30-15-11-9-12-16-30)34(51-43)25-35-39(31-17-13-10-14-18-31)41(49-6)44(52-35)50-29(5)54;/h9-18,20-21,24-28,36,42H,7-8,19,22-23H2,1-5H3,(H5,50,51,52,53,54,55,56,57,58,59,60);/p-2. The van der Waals surface area contributed by atoms with E-state index in [0.29, 0.717) is 41.0 Å². The Morgan fingerprint density at radius 2 is 1.60 bits per heavy atom. The molecule has 1 saturated carbocycles. The quantitative estimate of drug-likeness (QED) is 0.0648. The largest absolute Gasteiger partial charge is 0.545 e. The van der Waals surface area contributed by atoms with Gasteiger partial charge < -0.3 is 40.1 Å². The van der Waals surface area contributed by atoms with E-state index in [2.05, 4.69) is 27.4 Å². The number of hydrogen-bond donors (Lipinski definition) is 3. The number of nitrogens with zero attached hydrogens (tertiary/aromatic N) is 3. The van der Waals surface area contributed by atoms with Gasteiger partial charge in [-0.25, -0.2) is 19.4 Å². The van der Waals surface area contributed by atoms with Crippen LogP contribution in [0.25, 0.3) is 27.6 Å². The fourth-order valence-corrected chi connectivity index (χ4v) is 8.24. The molecule has 6 rings (SSSR count). The zero-order chi connectivity index (χ0) is 44.7. The van der Waals surface area contributed by atoms with Gasteiger partial charge >= 0.3 is 11.9 Å². The van der Waals surface area contributed by atoms with E-state index < -0.39 is 41.9 Å². The molecule has 3 aromatic carbocycles. The Labute approximate surface area is 378 Å². The number of aromatic nitrogens is 1. The van der Waals surface area contributed by atoms with Crippen LogP contribution in [0.1, 0.15) is 98.7 Å². The van der Waals surface area contributed by atoms with Crippen LogP contribution in [0.5, 0.6) is 5.75 Å². The van der Waals surface area contributed by atoms with Crippen LogP contribution in [0, 0.1) is 24.3 Å². The molecule has 3 atom stereocenters. The first-order valence-corrected chi connectivity index (χ1v) is 20.5. The van der Waals surface area contributed by atoms with Gasteiger partial charge in [-0.15, -0.1) is 0 Å². The third kappa shape index (κ3) is 10.9. The average molecular weight is 903 g/mol. The van der Waals surface area contributed by atoms with Gasteiger partial charge in [-0.2, -0.15) is 0 Å². The van der Waals surface area contributed by atoms with E-state index in [-0.39, 0.29) is 88.9 Å². The van der Waals surface area contributed by atoms with E-state index in [0.717, 1.165) is 31.0 Å². The van der Waals surface area contributed by atoms with Crippen LogP contribution in [-0.2, 0) is 38.6 Å². The molecule has 1 aliphatic carbocycles. The van der Waals surface area contributed by atoms with Crippen LogP contribution in [0.4, 0.5) is 11.5 Å². The van der Waals surface area contributed by atoms with Crippen LogP contribution >= 0.6 is 0 Å². The van der Waals surface area contributed by atoms with Gasteiger partial charge in [0.15, 0.2) is 11.8 Å². The summed E-state index contributed by atoms with van der Waals surface area (Å²) >= 11 is 0. The Hall–Kier alpha value is -6.65. The van der Waals surface area contributed by atoms with E-state index >= 15 is 0 Å². The summed E-state index contributed by atoms with van der Waals surface area (Å²) in [5.74, 6) is -4.97. The van der Waals surface area contributed by atoms with Gasteiger partial charge in [-0.05, 0) is 91.0 Å². The number of carboxylic acids is 2. The Balaban J connectivity index is 0.00000748. The molecule has 4 aromatic rings. The van der Waals surface area contributed by atoms with E-state index in [1.807, 2.05) is 26.8 Å². The van der Waals surface area contributed by atoms with E-state index in [4.69, 9.17) is 21.0 Å². The molecule has 1 fully saturated rings. The van der Waals surface area contributed by atoms with Crippen molar-refractivity contribution in [1.29, 1.82) is 0 Å².